The maximum absolute atomic E-state index is 14.0. The predicted octanol–water partition coefficient (Wildman–Crippen LogP) is 5.22. The maximum Gasteiger partial charge on any atom is 0.406 e. The standard InChI is InChI=1S/C27H31ClF3N3O2/c28-21-9-4-10-22(32)24(21)26(11-14-33(15-12-26)17-19-6-2-1-3-7-19)23(35)16-20-8-5-13-34(25(20)36)18-27(29,30)31/h1-4,6-7,9-10,20H,5,8,11-18,32H2/t20-/m0/s1. The molecule has 0 saturated carbocycles. The summed E-state index contributed by atoms with van der Waals surface area (Å²) in [7, 11) is 0. The number of carbonyl (C=O) groups excluding carboxylic acids is 2. The molecule has 0 unspecified atom stereocenters. The Hall–Kier alpha value is -2.58. The first kappa shape index (κ1) is 26.5. The van der Waals surface area contributed by atoms with E-state index >= 15 is 0 Å². The van der Waals surface area contributed by atoms with E-state index < -0.39 is 30.0 Å². The van der Waals surface area contributed by atoms with Crippen molar-refractivity contribution < 1.29 is 22.8 Å². The number of Topliss-reactive ketones (excluding diaryl/α,β-unsaturated/α-hetero) is 1. The molecule has 5 nitrogen and oxygen atoms in total. The van der Waals surface area contributed by atoms with Crippen molar-refractivity contribution in [3.8, 4) is 0 Å². The number of nitrogens with zero attached hydrogens (tertiary/aromatic N) is 2. The van der Waals surface area contributed by atoms with Crippen LogP contribution in [-0.4, -0.2) is 53.8 Å². The van der Waals surface area contributed by atoms with Gasteiger partial charge in [0.25, 0.3) is 0 Å². The molecule has 4 rings (SSSR count). The van der Waals surface area contributed by atoms with Crippen molar-refractivity contribution in [3.63, 3.8) is 0 Å². The van der Waals surface area contributed by atoms with Crippen LogP contribution < -0.4 is 5.73 Å². The molecule has 9 heteroatoms. The van der Waals surface area contributed by atoms with Crippen molar-refractivity contribution in [2.75, 3.05) is 31.9 Å². The number of halogens is 4. The average Bonchev–Trinajstić information content (AvgIpc) is 2.82. The zero-order valence-corrected chi connectivity index (χ0v) is 20.8. The maximum atomic E-state index is 14.0. The molecule has 2 fully saturated rings. The third kappa shape index (κ3) is 5.86. The van der Waals surface area contributed by atoms with E-state index in [1.807, 2.05) is 18.2 Å². The summed E-state index contributed by atoms with van der Waals surface area (Å²) >= 11 is 6.58. The van der Waals surface area contributed by atoms with E-state index in [1.165, 1.54) is 5.56 Å². The number of anilines is 1. The largest absolute Gasteiger partial charge is 0.406 e. The molecular weight excluding hydrogens is 491 g/mol. The normalized spacial score (nSPS) is 20.9. The molecule has 0 bridgehead atoms. The summed E-state index contributed by atoms with van der Waals surface area (Å²) in [4.78, 5) is 29.9. The molecule has 2 aromatic carbocycles. The SMILES string of the molecule is Nc1cccc(Cl)c1C1(C(=O)C[C@@H]2CCCN(CC(F)(F)F)C2=O)CCN(Cc2ccccc2)CC1. The van der Waals surface area contributed by atoms with E-state index in [9.17, 15) is 22.8 Å². The minimum absolute atomic E-state index is 0.0556. The molecule has 2 saturated heterocycles. The van der Waals surface area contributed by atoms with Gasteiger partial charge in [0.15, 0.2) is 0 Å². The number of piperidine rings is 2. The molecule has 194 valence electrons. The van der Waals surface area contributed by atoms with E-state index in [2.05, 4.69) is 17.0 Å². The number of nitrogen functional groups attached to an aromatic ring is 1. The highest BCUT2D eigenvalue weighted by molar-refractivity contribution is 6.32. The minimum Gasteiger partial charge on any atom is -0.398 e. The van der Waals surface area contributed by atoms with Crippen molar-refractivity contribution in [1.82, 2.24) is 9.80 Å². The Labute approximate surface area is 214 Å². The highest BCUT2D eigenvalue weighted by Gasteiger charge is 2.47. The fourth-order valence-electron chi connectivity index (χ4n) is 5.65. The Morgan fingerprint density at radius 1 is 1.06 bits per heavy atom. The monoisotopic (exact) mass is 521 g/mol. The van der Waals surface area contributed by atoms with Crippen molar-refractivity contribution >= 4 is 29.0 Å². The van der Waals surface area contributed by atoms with Crippen LogP contribution in [0.5, 0.6) is 0 Å². The molecular formula is C27H31ClF3N3O2. The zero-order valence-electron chi connectivity index (χ0n) is 20.1. The number of ketones is 1. The fraction of sp³-hybridized carbons (Fsp3) is 0.481. The van der Waals surface area contributed by atoms with Crippen LogP contribution in [0.2, 0.25) is 5.02 Å². The Morgan fingerprint density at radius 2 is 1.75 bits per heavy atom. The van der Waals surface area contributed by atoms with Gasteiger partial charge >= 0.3 is 6.18 Å². The van der Waals surface area contributed by atoms with Gasteiger partial charge in [-0.3, -0.25) is 14.5 Å². The number of amides is 1. The van der Waals surface area contributed by atoms with Crippen molar-refractivity contribution in [2.45, 2.75) is 50.2 Å². The molecule has 0 aliphatic carbocycles. The summed E-state index contributed by atoms with van der Waals surface area (Å²) in [5, 5.41) is 0.397. The molecule has 0 radical (unpaired) electrons. The van der Waals surface area contributed by atoms with E-state index in [4.69, 9.17) is 17.3 Å². The number of alkyl halides is 3. The first-order valence-corrected chi connectivity index (χ1v) is 12.7. The van der Waals surface area contributed by atoms with Crippen LogP contribution >= 0.6 is 11.6 Å². The molecule has 0 aromatic heterocycles. The van der Waals surface area contributed by atoms with Crippen molar-refractivity contribution in [1.29, 1.82) is 0 Å². The number of rotatable bonds is 7. The summed E-state index contributed by atoms with van der Waals surface area (Å²) in [6, 6.07) is 15.2. The van der Waals surface area contributed by atoms with Crippen LogP contribution in [0.4, 0.5) is 18.9 Å². The Balaban J connectivity index is 1.56. The molecule has 2 aromatic rings. The number of nitrogens with two attached hydrogens (primary N) is 1. The first-order valence-electron chi connectivity index (χ1n) is 12.3. The molecule has 2 heterocycles. The molecule has 36 heavy (non-hydrogen) atoms. The van der Waals surface area contributed by atoms with Gasteiger partial charge in [-0.2, -0.15) is 13.2 Å². The second-order valence-corrected chi connectivity index (χ2v) is 10.3. The van der Waals surface area contributed by atoms with Gasteiger partial charge < -0.3 is 10.6 Å². The third-order valence-electron chi connectivity index (χ3n) is 7.46. The third-order valence-corrected chi connectivity index (χ3v) is 7.78. The summed E-state index contributed by atoms with van der Waals surface area (Å²) in [5.41, 5.74) is 7.52. The van der Waals surface area contributed by atoms with Crippen LogP contribution in [-0.2, 0) is 21.5 Å². The summed E-state index contributed by atoms with van der Waals surface area (Å²) in [5.74, 6) is -1.54. The van der Waals surface area contributed by atoms with Gasteiger partial charge in [0.2, 0.25) is 5.91 Å². The molecule has 2 aliphatic rings. The van der Waals surface area contributed by atoms with Gasteiger partial charge in [0.05, 0.1) is 5.41 Å². The fourth-order valence-corrected chi connectivity index (χ4v) is 6.01. The Kier molecular flexibility index (Phi) is 7.95. The summed E-state index contributed by atoms with van der Waals surface area (Å²) in [6.45, 7) is 0.776. The van der Waals surface area contributed by atoms with Crippen LogP contribution in [0, 0.1) is 5.92 Å². The summed E-state index contributed by atoms with van der Waals surface area (Å²) < 4.78 is 38.9. The Bertz CT molecular complexity index is 1070. The lowest BCUT2D eigenvalue weighted by molar-refractivity contribution is -0.167. The second kappa shape index (κ2) is 10.8. The second-order valence-electron chi connectivity index (χ2n) is 9.89. The first-order chi connectivity index (χ1) is 17.1. The van der Waals surface area contributed by atoms with Gasteiger partial charge in [-0.25, -0.2) is 0 Å². The molecule has 2 N–H and O–H groups in total. The number of hydrogen-bond acceptors (Lipinski definition) is 4. The van der Waals surface area contributed by atoms with Gasteiger partial charge in [-0.1, -0.05) is 48.0 Å². The zero-order chi connectivity index (χ0) is 25.9. The van der Waals surface area contributed by atoms with Gasteiger partial charge in [-0.05, 0) is 56.5 Å². The molecule has 0 spiro atoms. The van der Waals surface area contributed by atoms with Gasteiger partial charge in [0, 0.05) is 41.7 Å². The minimum atomic E-state index is -4.47. The molecule has 2 aliphatic heterocycles. The number of carbonyl (C=O) groups is 2. The van der Waals surface area contributed by atoms with Crippen LogP contribution in [0.3, 0.4) is 0 Å². The van der Waals surface area contributed by atoms with E-state index in [0.29, 0.717) is 55.0 Å². The number of hydrogen-bond donors (Lipinski definition) is 1. The van der Waals surface area contributed by atoms with Crippen LogP contribution in [0.1, 0.15) is 43.2 Å². The molecule has 1 atom stereocenters. The topological polar surface area (TPSA) is 66.6 Å². The summed E-state index contributed by atoms with van der Waals surface area (Å²) in [6.07, 6.45) is -2.81. The highest BCUT2D eigenvalue weighted by Crippen LogP contribution is 2.45. The van der Waals surface area contributed by atoms with Crippen molar-refractivity contribution in [2.24, 2.45) is 5.92 Å². The highest BCUT2D eigenvalue weighted by atomic mass is 35.5. The number of benzene rings is 2. The van der Waals surface area contributed by atoms with Gasteiger partial charge in [0.1, 0.15) is 12.3 Å². The number of likely N-dealkylation sites (tertiary alicyclic amines) is 2. The van der Waals surface area contributed by atoms with E-state index in [1.54, 1.807) is 18.2 Å². The van der Waals surface area contributed by atoms with E-state index in [-0.39, 0.29) is 18.7 Å². The Morgan fingerprint density at radius 3 is 2.39 bits per heavy atom. The average molecular weight is 522 g/mol. The van der Waals surface area contributed by atoms with E-state index in [0.717, 1.165) is 11.4 Å². The quantitative estimate of drug-likeness (QED) is 0.508. The van der Waals surface area contributed by atoms with Crippen LogP contribution in [0.25, 0.3) is 0 Å². The lowest BCUT2D eigenvalue weighted by atomic mass is 9.67. The molecule has 1 amide bonds. The lowest BCUT2D eigenvalue weighted by Gasteiger charge is -2.43. The van der Waals surface area contributed by atoms with Crippen LogP contribution in [0.15, 0.2) is 48.5 Å². The van der Waals surface area contributed by atoms with Crippen molar-refractivity contribution in [3.05, 3.63) is 64.7 Å². The smallest absolute Gasteiger partial charge is 0.398 e. The van der Waals surface area contributed by atoms with Gasteiger partial charge in [-0.15, -0.1) is 0 Å². The predicted molar refractivity (Wildman–Crippen MR) is 133 cm³/mol. The lowest BCUT2D eigenvalue weighted by Crippen LogP contribution is -2.50.